The summed E-state index contributed by atoms with van der Waals surface area (Å²) in [5, 5.41) is 12.8. The van der Waals surface area contributed by atoms with E-state index in [0.29, 0.717) is 5.82 Å². The van der Waals surface area contributed by atoms with Gasteiger partial charge in [0.15, 0.2) is 0 Å². The van der Waals surface area contributed by atoms with Gasteiger partial charge in [0.2, 0.25) is 0 Å². The zero-order valence-corrected chi connectivity index (χ0v) is 12.1. The first-order chi connectivity index (χ1) is 10.0. The van der Waals surface area contributed by atoms with Crippen LogP contribution in [0.25, 0.3) is 0 Å². The van der Waals surface area contributed by atoms with Crippen molar-refractivity contribution in [3.05, 3.63) is 65.1 Å². The maximum absolute atomic E-state index is 9.64. The summed E-state index contributed by atoms with van der Waals surface area (Å²) in [5.74, 6) is 0.879. The average molecular weight is 279 g/mol. The van der Waals surface area contributed by atoms with E-state index in [1.165, 1.54) is 5.57 Å². The second kappa shape index (κ2) is 5.05. The number of aryl methyl sites for hydroxylation is 1. The van der Waals surface area contributed by atoms with Crippen LogP contribution in [0.1, 0.15) is 18.1 Å². The first-order valence-corrected chi connectivity index (χ1v) is 6.81. The summed E-state index contributed by atoms with van der Waals surface area (Å²) < 4.78 is 0. The van der Waals surface area contributed by atoms with E-state index in [9.17, 15) is 5.11 Å². The summed E-state index contributed by atoms with van der Waals surface area (Å²) >= 11 is 0. The molecule has 106 valence electrons. The van der Waals surface area contributed by atoms with Crippen molar-refractivity contribution in [2.75, 3.05) is 6.54 Å². The number of phenolic OH excluding ortho intramolecular Hbond substituents is 1. The van der Waals surface area contributed by atoms with Crippen LogP contribution in [0.15, 0.2) is 64.0 Å². The maximum atomic E-state index is 9.64. The van der Waals surface area contributed by atoms with Crippen molar-refractivity contribution >= 4 is 11.4 Å². The van der Waals surface area contributed by atoms with Crippen molar-refractivity contribution in [3.8, 4) is 5.75 Å². The number of aromatic hydroxyl groups is 1. The number of benzene rings is 1. The predicted molar refractivity (Wildman–Crippen MR) is 85.8 cm³/mol. The van der Waals surface area contributed by atoms with E-state index in [0.717, 1.165) is 34.8 Å². The summed E-state index contributed by atoms with van der Waals surface area (Å²) in [6, 6.07) is 5.45. The minimum Gasteiger partial charge on any atom is -0.508 e. The van der Waals surface area contributed by atoms with Crippen LogP contribution in [0.4, 0.5) is 0 Å². The molecule has 0 saturated carbocycles. The maximum Gasteiger partial charge on any atom is 0.123 e. The second-order valence-electron chi connectivity index (χ2n) is 5.32. The molecule has 0 fully saturated rings. The lowest BCUT2D eigenvalue weighted by Gasteiger charge is -2.17. The lowest BCUT2D eigenvalue weighted by Crippen LogP contribution is -2.23. The topological polar surface area (TPSA) is 57.0 Å². The summed E-state index contributed by atoms with van der Waals surface area (Å²) in [5.41, 5.74) is 5.66. The molecule has 0 aliphatic carbocycles. The number of nitrogens with zero attached hydrogens (tertiary/aromatic N) is 2. The molecule has 0 saturated heterocycles. The van der Waals surface area contributed by atoms with Crippen LogP contribution >= 0.6 is 0 Å². The number of hydrogen-bond donors (Lipinski definition) is 2. The Hall–Kier alpha value is -2.62. The lowest BCUT2D eigenvalue weighted by atomic mass is 10.0. The van der Waals surface area contributed by atoms with Crippen molar-refractivity contribution < 1.29 is 5.11 Å². The Balaban J connectivity index is 2.00. The van der Waals surface area contributed by atoms with Crippen LogP contribution in [0.5, 0.6) is 5.75 Å². The van der Waals surface area contributed by atoms with Gasteiger partial charge in [-0.3, -0.25) is 4.99 Å². The van der Waals surface area contributed by atoms with E-state index in [1.807, 2.05) is 25.1 Å². The first kappa shape index (κ1) is 13.4. The number of rotatable bonds is 2. The van der Waals surface area contributed by atoms with E-state index in [1.54, 1.807) is 6.07 Å². The molecule has 2 aliphatic heterocycles. The van der Waals surface area contributed by atoms with Crippen molar-refractivity contribution in [3.63, 3.8) is 0 Å². The predicted octanol–water partition coefficient (Wildman–Crippen LogP) is 2.85. The van der Waals surface area contributed by atoms with Gasteiger partial charge in [-0.2, -0.15) is 0 Å². The van der Waals surface area contributed by atoms with Crippen LogP contribution in [-0.4, -0.2) is 23.1 Å². The zero-order valence-electron chi connectivity index (χ0n) is 12.1. The summed E-state index contributed by atoms with van der Waals surface area (Å²) in [6.45, 7) is 8.58. The summed E-state index contributed by atoms with van der Waals surface area (Å²) in [4.78, 5) is 8.93. The average Bonchev–Trinajstić information content (AvgIpc) is 2.88. The third-order valence-electron chi connectivity index (χ3n) is 3.47. The number of phenols is 1. The number of allylic oxidation sites excluding steroid dienone is 2. The minimum absolute atomic E-state index is 0.287. The molecule has 0 radical (unpaired) electrons. The van der Waals surface area contributed by atoms with Gasteiger partial charge in [-0.1, -0.05) is 6.58 Å². The van der Waals surface area contributed by atoms with Crippen LogP contribution < -0.4 is 5.32 Å². The first-order valence-electron chi connectivity index (χ1n) is 6.81. The second-order valence-corrected chi connectivity index (χ2v) is 5.32. The third-order valence-corrected chi connectivity index (χ3v) is 3.47. The monoisotopic (exact) mass is 279 g/mol. The number of hydrogen-bond acceptors (Lipinski definition) is 4. The molecule has 2 aliphatic rings. The smallest absolute Gasteiger partial charge is 0.123 e. The van der Waals surface area contributed by atoms with Gasteiger partial charge in [0.1, 0.15) is 11.6 Å². The number of nitrogens with one attached hydrogen (secondary N) is 1. The lowest BCUT2D eigenvalue weighted by molar-refractivity contribution is 0.471. The molecule has 4 heteroatoms. The minimum atomic E-state index is 0.287. The standard InChI is InChI=1S/C17H17N3O/c1-10-6-15(18-9-10)16-8-14(19-12(3)20-16)13-4-5-17(21)11(2)7-13/h4-8,20-21H,3,9H2,1-2H3. The highest BCUT2D eigenvalue weighted by atomic mass is 16.3. The fourth-order valence-corrected chi connectivity index (χ4v) is 2.33. The Labute approximate surface area is 124 Å². The molecule has 2 heterocycles. The highest BCUT2D eigenvalue weighted by Gasteiger charge is 2.16. The molecule has 2 N–H and O–H groups in total. The molecule has 4 nitrogen and oxygen atoms in total. The van der Waals surface area contributed by atoms with Crippen LogP contribution in [-0.2, 0) is 0 Å². The van der Waals surface area contributed by atoms with Crippen LogP contribution in [0, 0.1) is 6.92 Å². The van der Waals surface area contributed by atoms with Crippen molar-refractivity contribution in [2.24, 2.45) is 9.98 Å². The van der Waals surface area contributed by atoms with Gasteiger partial charge in [0, 0.05) is 5.56 Å². The molecule has 0 spiro atoms. The normalized spacial score (nSPS) is 17.7. The van der Waals surface area contributed by atoms with E-state index < -0.39 is 0 Å². The highest BCUT2D eigenvalue weighted by Crippen LogP contribution is 2.21. The quantitative estimate of drug-likeness (QED) is 0.874. The van der Waals surface area contributed by atoms with E-state index in [-0.39, 0.29) is 5.75 Å². The molecule has 0 unspecified atom stereocenters. The molecular formula is C17H17N3O. The Morgan fingerprint density at radius 3 is 2.67 bits per heavy atom. The molecule has 1 aromatic carbocycles. The molecule has 3 rings (SSSR count). The van der Waals surface area contributed by atoms with Gasteiger partial charge in [0.05, 0.1) is 23.7 Å². The molecule has 21 heavy (non-hydrogen) atoms. The largest absolute Gasteiger partial charge is 0.508 e. The molecule has 1 aromatic rings. The Kier molecular flexibility index (Phi) is 3.22. The van der Waals surface area contributed by atoms with Crippen molar-refractivity contribution in [1.82, 2.24) is 5.32 Å². The van der Waals surface area contributed by atoms with Gasteiger partial charge in [-0.25, -0.2) is 4.99 Å². The van der Waals surface area contributed by atoms with Crippen molar-refractivity contribution in [2.45, 2.75) is 13.8 Å². The van der Waals surface area contributed by atoms with Crippen molar-refractivity contribution in [1.29, 1.82) is 0 Å². The van der Waals surface area contributed by atoms with E-state index >= 15 is 0 Å². The number of aliphatic imine (C=N–C) groups is 2. The molecule has 0 atom stereocenters. The molecule has 0 amide bonds. The van der Waals surface area contributed by atoms with Gasteiger partial charge >= 0.3 is 0 Å². The summed E-state index contributed by atoms with van der Waals surface area (Å²) in [6.07, 6.45) is 4.03. The van der Waals surface area contributed by atoms with Gasteiger partial charge < -0.3 is 10.4 Å². The Bertz CT molecular complexity index is 751. The fourth-order valence-electron chi connectivity index (χ4n) is 2.33. The summed E-state index contributed by atoms with van der Waals surface area (Å²) in [7, 11) is 0. The van der Waals surface area contributed by atoms with Gasteiger partial charge in [-0.05, 0) is 55.3 Å². The van der Waals surface area contributed by atoms with Crippen LogP contribution in [0.2, 0.25) is 0 Å². The van der Waals surface area contributed by atoms with Gasteiger partial charge in [-0.15, -0.1) is 0 Å². The van der Waals surface area contributed by atoms with E-state index in [4.69, 9.17) is 0 Å². The fraction of sp³-hybridized carbons (Fsp3) is 0.176. The van der Waals surface area contributed by atoms with Gasteiger partial charge in [0.25, 0.3) is 0 Å². The highest BCUT2D eigenvalue weighted by molar-refractivity contribution is 6.18. The SMILES string of the molecule is C=C1N=C(c2ccc(O)c(C)c2)C=C(C2=NCC(C)=C2)N1. The molecular weight excluding hydrogens is 262 g/mol. The van der Waals surface area contributed by atoms with Crippen LogP contribution in [0.3, 0.4) is 0 Å². The molecule has 0 aromatic heterocycles. The Morgan fingerprint density at radius 2 is 2.00 bits per heavy atom. The molecule has 0 bridgehead atoms. The zero-order chi connectivity index (χ0) is 15.0. The van der Waals surface area contributed by atoms with E-state index in [2.05, 4.69) is 34.9 Å². The third kappa shape index (κ3) is 2.65. The Morgan fingerprint density at radius 1 is 1.19 bits per heavy atom.